The lowest BCUT2D eigenvalue weighted by molar-refractivity contribution is 0.0602. The first-order valence-corrected chi connectivity index (χ1v) is 6.43. The topological polar surface area (TPSA) is 53.4 Å². The molecule has 0 spiro atoms. The van der Waals surface area contributed by atoms with Gasteiger partial charge in [-0.3, -0.25) is 4.57 Å². The van der Waals surface area contributed by atoms with Crippen LogP contribution in [0.15, 0.2) is 30.4 Å². The number of rotatable bonds is 5. The van der Waals surface area contributed by atoms with Crippen LogP contribution in [-0.4, -0.2) is 29.2 Å². The second kappa shape index (κ2) is 5.77. The van der Waals surface area contributed by atoms with Gasteiger partial charge in [0.05, 0.1) is 30.3 Å². The van der Waals surface area contributed by atoms with E-state index in [1.54, 1.807) is 12.1 Å². The van der Waals surface area contributed by atoms with Gasteiger partial charge in [0.2, 0.25) is 0 Å². The van der Waals surface area contributed by atoms with E-state index < -0.39 is 0 Å². The van der Waals surface area contributed by atoms with Gasteiger partial charge in [0.25, 0.3) is 6.01 Å². The van der Waals surface area contributed by atoms with Crippen molar-refractivity contribution >= 4 is 17.0 Å². The van der Waals surface area contributed by atoms with Crippen LogP contribution in [0.4, 0.5) is 0 Å². The number of aromatic nitrogens is 2. The molecule has 0 saturated carbocycles. The number of allylic oxidation sites excluding steroid dienone is 1. The fourth-order valence-electron chi connectivity index (χ4n) is 2.09. The van der Waals surface area contributed by atoms with E-state index in [9.17, 15) is 4.79 Å². The number of hydrogen-bond donors (Lipinski definition) is 0. The smallest absolute Gasteiger partial charge is 0.340 e. The fraction of sp³-hybridized carbons (Fsp3) is 0.333. The van der Waals surface area contributed by atoms with E-state index in [1.165, 1.54) is 7.11 Å². The Kier molecular flexibility index (Phi) is 4.08. The van der Waals surface area contributed by atoms with Crippen molar-refractivity contribution < 1.29 is 14.3 Å². The van der Waals surface area contributed by atoms with Crippen molar-refractivity contribution in [3.8, 4) is 6.01 Å². The van der Waals surface area contributed by atoms with Crippen molar-refractivity contribution in [1.29, 1.82) is 0 Å². The molecule has 0 aliphatic carbocycles. The van der Waals surface area contributed by atoms with Crippen LogP contribution in [0.25, 0.3) is 11.0 Å². The molecule has 0 fully saturated rings. The summed E-state index contributed by atoms with van der Waals surface area (Å²) in [6.07, 6.45) is 0. The van der Waals surface area contributed by atoms with Gasteiger partial charge in [-0.25, -0.2) is 4.79 Å². The maximum Gasteiger partial charge on any atom is 0.340 e. The summed E-state index contributed by atoms with van der Waals surface area (Å²) < 4.78 is 12.2. The van der Waals surface area contributed by atoms with Gasteiger partial charge in [-0.2, -0.15) is 4.98 Å². The predicted molar refractivity (Wildman–Crippen MR) is 77.1 cm³/mol. The van der Waals surface area contributed by atoms with E-state index in [1.807, 2.05) is 24.5 Å². The molecule has 0 unspecified atom stereocenters. The Labute approximate surface area is 117 Å². The molecule has 106 valence electrons. The molecule has 0 bridgehead atoms. The summed E-state index contributed by atoms with van der Waals surface area (Å²) in [4.78, 5) is 16.3. The molecule has 2 aromatic rings. The number of esters is 1. The molecule has 1 aromatic heterocycles. The van der Waals surface area contributed by atoms with Gasteiger partial charge in [-0.1, -0.05) is 18.2 Å². The third-order valence-electron chi connectivity index (χ3n) is 2.84. The SMILES string of the molecule is C=C(C)Cn1c(OCC)nc2cccc(C(=O)OC)c21. The molecular weight excluding hydrogens is 256 g/mol. The Bertz CT molecular complexity index is 658. The number of benzene rings is 1. The van der Waals surface area contributed by atoms with E-state index in [0.29, 0.717) is 35.8 Å². The van der Waals surface area contributed by atoms with Crippen molar-refractivity contribution in [1.82, 2.24) is 9.55 Å². The van der Waals surface area contributed by atoms with Gasteiger partial charge in [0.1, 0.15) is 0 Å². The number of nitrogens with zero attached hydrogens (tertiary/aromatic N) is 2. The number of para-hydroxylation sites is 1. The van der Waals surface area contributed by atoms with Crippen molar-refractivity contribution in [3.63, 3.8) is 0 Å². The summed E-state index contributed by atoms with van der Waals surface area (Å²) in [5, 5.41) is 0. The number of carbonyl (C=O) groups is 1. The molecule has 0 atom stereocenters. The lowest BCUT2D eigenvalue weighted by Gasteiger charge is -2.10. The molecule has 0 saturated heterocycles. The summed E-state index contributed by atoms with van der Waals surface area (Å²) in [5.74, 6) is -0.387. The molecule has 0 N–H and O–H groups in total. The van der Waals surface area contributed by atoms with Crippen LogP contribution in [0.3, 0.4) is 0 Å². The second-order valence-corrected chi connectivity index (χ2v) is 4.54. The Morgan fingerprint density at radius 3 is 2.80 bits per heavy atom. The number of ether oxygens (including phenoxy) is 2. The van der Waals surface area contributed by atoms with Gasteiger partial charge < -0.3 is 9.47 Å². The molecule has 20 heavy (non-hydrogen) atoms. The van der Waals surface area contributed by atoms with Gasteiger partial charge in [0, 0.05) is 6.54 Å². The zero-order valence-electron chi connectivity index (χ0n) is 12.0. The minimum atomic E-state index is -0.387. The first-order valence-electron chi connectivity index (χ1n) is 6.43. The number of imidazole rings is 1. The van der Waals surface area contributed by atoms with Crippen molar-refractivity contribution in [2.24, 2.45) is 0 Å². The number of methoxy groups -OCH3 is 1. The number of hydrogen-bond acceptors (Lipinski definition) is 4. The second-order valence-electron chi connectivity index (χ2n) is 4.54. The predicted octanol–water partition coefficient (Wildman–Crippen LogP) is 2.80. The Hall–Kier alpha value is -2.30. The molecule has 0 amide bonds. The molecule has 2 rings (SSSR count). The molecule has 0 aliphatic heterocycles. The maximum atomic E-state index is 11.9. The average molecular weight is 274 g/mol. The van der Waals surface area contributed by atoms with Crippen LogP contribution in [0, 0.1) is 0 Å². The zero-order chi connectivity index (χ0) is 14.7. The highest BCUT2D eigenvalue weighted by Gasteiger charge is 2.19. The van der Waals surface area contributed by atoms with E-state index in [2.05, 4.69) is 11.6 Å². The lowest BCUT2D eigenvalue weighted by atomic mass is 10.2. The van der Waals surface area contributed by atoms with Crippen molar-refractivity contribution in [2.45, 2.75) is 20.4 Å². The maximum absolute atomic E-state index is 11.9. The minimum Gasteiger partial charge on any atom is -0.465 e. The molecule has 5 nitrogen and oxygen atoms in total. The van der Waals surface area contributed by atoms with Crippen LogP contribution < -0.4 is 4.74 Å². The third-order valence-corrected chi connectivity index (χ3v) is 2.84. The third kappa shape index (κ3) is 2.52. The molecule has 1 heterocycles. The van der Waals surface area contributed by atoms with Crippen LogP contribution in [-0.2, 0) is 11.3 Å². The van der Waals surface area contributed by atoms with Crippen molar-refractivity contribution in [2.75, 3.05) is 13.7 Å². The van der Waals surface area contributed by atoms with Crippen LogP contribution in [0.5, 0.6) is 6.01 Å². The highest BCUT2D eigenvalue weighted by Crippen LogP contribution is 2.26. The monoisotopic (exact) mass is 274 g/mol. The summed E-state index contributed by atoms with van der Waals surface area (Å²) in [6, 6.07) is 5.84. The molecular formula is C15H18N2O3. The first kappa shape index (κ1) is 14.1. The standard InChI is InChI=1S/C15H18N2O3/c1-5-20-15-16-12-8-6-7-11(14(18)19-4)13(12)17(15)9-10(2)3/h6-8H,2,5,9H2,1,3-4H3. The van der Waals surface area contributed by atoms with Crippen LogP contribution in [0.2, 0.25) is 0 Å². The largest absolute Gasteiger partial charge is 0.465 e. The van der Waals surface area contributed by atoms with E-state index in [4.69, 9.17) is 9.47 Å². The van der Waals surface area contributed by atoms with E-state index in [-0.39, 0.29) is 5.97 Å². The number of carbonyl (C=O) groups excluding carboxylic acids is 1. The summed E-state index contributed by atoms with van der Waals surface area (Å²) in [7, 11) is 1.37. The molecule has 0 aliphatic rings. The summed E-state index contributed by atoms with van der Waals surface area (Å²) in [5.41, 5.74) is 2.85. The summed E-state index contributed by atoms with van der Waals surface area (Å²) in [6.45, 7) is 8.77. The normalized spacial score (nSPS) is 10.6. The quantitative estimate of drug-likeness (QED) is 0.621. The van der Waals surface area contributed by atoms with Crippen molar-refractivity contribution in [3.05, 3.63) is 35.9 Å². The average Bonchev–Trinajstić information content (AvgIpc) is 2.76. The van der Waals surface area contributed by atoms with Gasteiger partial charge in [-0.05, 0) is 26.0 Å². The van der Waals surface area contributed by atoms with Gasteiger partial charge >= 0.3 is 5.97 Å². The van der Waals surface area contributed by atoms with Crippen LogP contribution >= 0.6 is 0 Å². The van der Waals surface area contributed by atoms with E-state index in [0.717, 1.165) is 5.57 Å². The molecule has 5 heteroatoms. The number of fused-ring (bicyclic) bond motifs is 1. The highest BCUT2D eigenvalue weighted by molar-refractivity contribution is 6.02. The Morgan fingerprint density at radius 2 is 2.20 bits per heavy atom. The Morgan fingerprint density at radius 1 is 1.45 bits per heavy atom. The van der Waals surface area contributed by atoms with Gasteiger partial charge in [-0.15, -0.1) is 0 Å². The molecule has 1 aromatic carbocycles. The first-order chi connectivity index (χ1) is 9.58. The molecule has 0 radical (unpaired) electrons. The van der Waals surface area contributed by atoms with E-state index >= 15 is 0 Å². The summed E-state index contributed by atoms with van der Waals surface area (Å²) >= 11 is 0. The highest BCUT2D eigenvalue weighted by atomic mass is 16.5. The minimum absolute atomic E-state index is 0.387. The lowest BCUT2D eigenvalue weighted by Crippen LogP contribution is -2.08. The fourth-order valence-corrected chi connectivity index (χ4v) is 2.09. The van der Waals surface area contributed by atoms with Crippen LogP contribution in [0.1, 0.15) is 24.2 Å². The van der Waals surface area contributed by atoms with Gasteiger partial charge in [0.15, 0.2) is 0 Å². The zero-order valence-corrected chi connectivity index (χ0v) is 12.0. The Balaban J connectivity index is 2.70.